The summed E-state index contributed by atoms with van der Waals surface area (Å²) in [5.74, 6) is 0.0330. The van der Waals surface area contributed by atoms with Crippen molar-refractivity contribution in [3.05, 3.63) is 41.1 Å². The van der Waals surface area contributed by atoms with Crippen LogP contribution in [-0.4, -0.2) is 60.7 Å². The van der Waals surface area contributed by atoms with Gasteiger partial charge in [-0.1, -0.05) is 12.1 Å². The summed E-state index contributed by atoms with van der Waals surface area (Å²) >= 11 is 1.67. The SMILES string of the molecule is CSc1ccc([C@@H]2NC(=O)NC3=C2C(=O)N(CCN2CCCC2)C3)cc1. The number of rotatable bonds is 5. The highest BCUT2D eigenvalue weighted by atomic mass is 32.2. The Morgan fingerprint density at radius 1 is 1.12 bits per heavy atom. The first-order chi connectivity index (χ1) is 12.7. The third kappa shape index (κ3) is 3.33. The van der Waals surface area contributed by atoms with Crippen LogP contribution in [0.1, 0.15) is 24.4 Å². The second-order valence-electron chi connectivity index (χ2n) is 6.97. The van der Waals surface area contributed by atoms with E-state index in [1.165, 1.54) is 12.8 Å². The monoisotopic (exact) mass is 372 g/mol. The van der Waals surface area contributed by atoms with Gasteiger partial charge in [-0.05, 0) is 49.9 Å². The van der Waals surface area contributed by atoms with E-state index >= 15 is 0 Å². The average Bonchev–Trinajstić information content (AvgIpc) is 3.27. The van der Waals surface area contributed by atoms with Crippen LogP contribution >= 0.6 is 11.8 Å². The second kappa shape index (κ2) is 7.32. The van der Waals surface area contributed by atoms with Crippen molar-refractivity contribution >= 4 is 23.7 Å². The molecular formula is C19H24N4O2S. The van der Waals surface area contributed by atoms with Crippen molar-refractivity contribution in [2.24, 2.45) is 0 Å². The van der Waals surface area contributed by atoms with E-state index in [0.717, 1.165) is 35.8 Å². The highest BCUT2D eigenvalue weighted by molar-refractivity contribution is 7.98. The summed E-state index contributed by atoms with van der Waals surface area (Å²) in [6.45, 7) is 4.35. The molecule has 0 saturated carbocycles. The average molecular weight is 372 g/mol. The predicted molar refractivity (Wildman–Crippen MR) is 102 cm³/mol. The molecule has 1 fully saturated rings. The molecule has 6 nitrogen and oxygen atoms in total. The zero-order valence-electron chi connectivity index (χ0n) is 15.0. The molecule has 0 bridgehead atoms. The van der Waals surface area contributed by atoms with Crippen LogP contribution in [0, 0.1) is 0 Å². The molecule has 0 unspecified atom stereocenters. The molecule has 3 aliphatic rings. The van der Waals surface area contributed by atoms with Crippen LogP contribution in [0.5, 0.6) is 0 Å². The van der Waals surface area contributed by atoms with Gasteiger partial charge in [-0.3, -0.25) is 4.79 Å². The van der Waals surface area contributed by atoms with Crippen LogP contribution in [0.15, 0.2) is 40.4 Å². The maximum Gasteiger partial charge on any atom is 0.319 e. The molecule has 3 amide bonds. The highest BCUT2D eigenvalue weighted by Crippen LogP contribution is 2.33. The molecular weight excluding hydrogens is 348 g/mol. The lowest BCUT2D eigenvalue weighted by molar-refractivity contribution is -0.126. The number of likely N-dealkylation sites (tertiary alicyclic amines) is 1. The summed E-state index contributed by atoms with van der Waals surface area (Å²) in [5, 5.41) is 5.76. The number of nitrogens with zero attached hydrogens (tertiary/aromatic N) is 2. The lowest BCUT2D eigenvalue weighted by Gasteiger charge is -2.25. The second-order valence-corrected chi connectivity index (χ2v) is 7.85. The van der Waals surface area contributed by atoms with Gasteiger partial charge in [-0.15, -0.1) is 11.8 Å². The number of urea groups is 1. The Kier molecular flexibility index (Phi) is 4.91. The Balaban J connectivity index is 1.52. The largest absolute Gasteiger partial charge is 0.332 e. The van der Waals surface area contributed by atoms with E-state index in [-0.39, 0.29) is 18.0 Å². The van der Waals surface area contributed by atoms with E-state index in [0.29, 0.717) is 18.7 Å². The minimum Gasteiger partial charge on any atom is -0.332 e. The maximum atomic E-state index is 13.0. The van der Waals surface area contributed by atoms with Crippen molar-refractivity contribution in [2.45, 2.75) is 23.8 Å². The number of nitrogens with one attached hydrogen (secondary N) is 2. The summed E-state index contributed by atoms with van der Waals surface area (Å²) in [6, 6.07) is 7.42. The Morgan fingerprint density at radius 3 is 2.54 bits per heavy atom. The maximum absolute atomic E-state index is 13.0. The van der Waals surface area contributed by atoms with E-state index in [9.17, 15) is 9.59 Å². The minimum absolute atomic E-state index is 0.0330. The standard InChI is InChI=1S/C19H24N4O2S/c1-26-14-6-4-13(5-7-14)17-16-15(20-19(25)21-17)12-23(18(16)24)11-10-22-8-2-3-9-22/h4-7,17H,2-3,8-12H2,1H3,(H2,20,21,25)/t17-/m0/s1. The first-order valence-electron chi connectivity index (χ1n) is 9.12. The van der Waals surface area contributed by atoms with Crippen LogP contribution in [0.3, 0.4) is 0 Å². The predicted octanol–water partition coefficient (Wildman–Crippen LogP) is 1.95. The molecule has 26 heavy (non-hydrogen) atoms. The van der Waals surface area contributed by atoms with Crippen LogP contribution in [0.4, 0.5) is 4.79 Å². The zero-order chi connectivity index (χ0) is 18.1. The third-order valence-corrected chi connectivity index (χ3v) is 6.10. The summed E-state index contributed by atoms with van der Waals surface area (Å²) < 4.78 is 0. The lowest BCUT2D eigenvalue weighted by Crippen LogP contribution is -2.44. The van der Waals surface area contributed by atoms with Crippen molar-refractivity contribution in [2.75, 3.05) is 39.0 Å². The Hall–Kier alpha value is -1.99. The van der Waals surface area contributed by atoms with E-state index < -0.39 is 0 Å². The fourth-order valence-corrected chi connectivity index (χ4v) is 4.33. The van der Waals surface area contributed by atoms with E-state index in [1.54, 1.807) is 11.8 Å². The van der Waals surface area contributed by atoms with Crippen LogP contribution in [-0.2, 0) is 4.79 Å². The van der Waals surface area contributed by atoms with Crippen molar-refractivity contribution in [3.63, 3.8) is 0 Å². The summed E-state index contributed by atoms with van der Waals surface area (Å²) in [7, 11) is 0. The molecule has 3 aliphatic heterocycles. The van der Waals surface area contributed by atoms with Crippen LogP contribution in [0.25, 0.3) is 0 Å². The molecule has 0 radical (unpaired) electrons. The molecule has 1 aromatic rings. The van der Waals surface area contributed by atoms with Gasteiger partial charge in [0.2, 0.25) is 0 Å². The molecule has 0 aliphatic carbocycles. The van der Waals surface area contributed by atoms with Gasteiger partial charge < -0.3 is 20.4 Å². The quantitative estimate of drug-likeness (QED) is 0.776. The number of hydrogen-bond donors (Lipinski definition) is 2. The first kappa shape index (κ1) is 17.4. The lowest BCUT2D eigenvalue weighted by atomic mass is 9.96. The minimum atomic E-state index is -0.376. The number of carbonyl (C=O) groups is 2. The topological polar surface area (TPSA) is 64.7 Å². The van der Waals surface area contributed by atoms with Gasteiger partial charge in [0.15, 0.2) is 0 Å². The van der Waals surface area contributed by atoms with Gasteiger partial charge in [-0.2, -0.15) is 0 Å². The fourth-order valence-electron chi connectivity index (χ4n) is 3.92. The van der Waals surface area contributed by atoms with Crippen molar-refractivity contribution in [1.82, 2.24) is 20.4 Å². The molecule has 2 N–H and O–H groups in total. The molecule has 0 spiro atoms. The molecule has 1 atom stereocenters. The van der Waals surface area contributed by atoms with Gasteiger partial charge in [0.1, 0.15) is 0 Å². The van der Waals surface area contributed by atoms with Crippen molar-refractivity contribution in [1.29, 1.82) is 0 Å². The van der Waals surface area contributed by atoms with Gasteiger partial charge in [0.05, 0.1) is 23.9 Å². The number of amides is 3. The summed E-state index contributed by atoms with van der Waals surface area (Å²) in [6.07, 6.45) is 4.52. The Morgan fingerprint density at radius 2 is 1.85 bits per heavy atom. The van der Waals surface area contributed by atoms with Gasteiger partial charge in [0, 0.05) is 18.0 Å². The zero-order valence-corrected chi connectivity index (χ0v) is 15.8. The molecule has 4 rings (SSSR count). The number of benzene rings is 1. The van der Waals surface area contributed by atoms with Gasteiger partial charge in [-0.25, -0.2) is 4.79 Å². The summed E-state index contributed by atoms with van der Waals surface area (Å²) in [4.78, 5) is 30.5. The Labute approximate surface area is 158 Å². The van der Waals surface area contributed by atoms with Crippen LogP contribution < -0.4 is 10.6 Å². The van der Waals surface area contributed by atoms with E-state index in [4.69, 9.17) is 0 Å². The molecule has 0 aromatic heterocycles. The third-order valence-electron chi connectivity index (χ3n) is 5.35. The smallest absolute Gasteiger partial charge is 0.319 e. The fraction of sp³-hybridized carbons (Fsp3) is 0.474. The number of hydrogen-bond acceptors (Lipinski definition) is 4. The molecule has 1 aromatic carbocycles. The highest BCUT2D eigenvalue weighted by Gasteiger charge is 2.40. The molecule has 138 valence electrons. The Bertz CT molecular complexity index is 740. The van der Waals surface area contributed by atoms with Crippen LogP contribution in [0.2, 0.25) is 0 Å². The van der Waals surface area contributed by atoms with Crippen molar-refractivity contribution < 1.29 is 9.59 Å². The molecule has 1 saturated heterocycles. The van der Waals surface area contributed by atoms with Gasteiger partial charge in [0.25, 0.3) is 5.91 Å². The van der Waals surface area contributed by atoms with E-state index in [1.807, 2.05) is 35.4 Å². The molecule has 3 heterocycles. The number of carbonyl (C=O) groups excluding carboxylic acids is 2. The molecule has 7 heteroatoms. The summed E-state index contributed by atoms with van der Waals surface area (Å²) in [5.41, 5.74) is 2.38. The van der Waals surface area contributed by atoms with Gasteiger partial charge >= 0.3 is 6.03 Å². The van der Waals surface area contributed by atoms with E-state index in [2.05, 4.69) is 15.5 Å². The van der Waals surface area contributed by atoms with Crippen molar-refractivity contribution in [3.8, 4) is 0 Å². The normalized spacial score (nSPS) is 23.3. The first-order valence-corrected chi connectivity index (χ1v) is 10.3. The number of thioether (sulfide) groups is 1.